The zero-order valence-corrected chi connectivity index (χ0v) is 14.7. The number of methoxy groups -OCH3 is 1. The second-order valence-corrected chi connectivity index (χ2v) is 7.99. The molecule has 1 fully saturated rings. The Morgan fingerprint density at radius 3 is 2.75 bits per heavy atom. The molecule has 1 unspecified atom stereocenters. The monoisotopic (exact) mass is 356 g/mol. The molecule has 0 spiro atoms. The lowest BCUT2D eigenvalue weighted by Crippen LogP contribution is -2.52. The van der Waals surface area contributed by atoms with Crippen molar-refractivity contribution < 1.29 is 22.6 Å². The first-order chi connectivity index (χ1) is 11.5. The fourth-order valence-electron chi connectivity index (χ4n) is 3.10. The van der Waals surface area contributed by atoms with E-state index in [-0.39, 0.29) is 17.0 Å². The highest BCUT2D eigenvalue weighted by Gasteiger charge is 2.35. The standard InChI is InChI=1S/C16H24N2O5S/c1-21-12-16(6-2-7-17-16)11-18-24(19,20)13-4-5-14-15(10-13)23-9-3-8-22-14/h4-5,10,17-18H,2-3,6-9,11-12H2,1H3. The molecule has 2 aliphatic heterocycles. The fraction of sp³-hybridized carbons (Fsp3) is 0.625. The number of nitrogens with one attached hydrogen (secondary N) is 2. The molecule has 1 aromatic carbocycles. The van der Waals surface area contributed by atoms with Crippen molar-refractivity contribution in [3.63, 3.8) is 0 Å². The molecular formula is C16H24N2O5S. The maximum atomic E-state index is 12.6. The molecule has 1 atom stereocenters. The Kier molecular flexibility index (Phi) is 5.29. The van der Waals surface area contributed by atoms with Gasteiger partial charge in [0.05, 0.1) is 30.3 Å². The van der Waals surface area contributed by atoms with E-state index in [1.165, 1.54) is 6.07 Å². The van der Waals surface area contributed by atoms with Gasteiger partial charge in [-0.1, -0.05) is 0 Å². The van der Waals surface area contributed by atoms with Gasteiger partial charge in [0, 0.05) is 26.1 Å². The van der Waals surface area contributed by atoms with Crippen LogP contribution in [0.1, 0.15) is 19.3 Å². The molecule has 1 aromatic rings. The van der Waals surface area contributed by atoms with Crippen molar-refractivity contribution >= 4 is 10.0 Å². The van der Waals surface area contributed by atoms with Crippen LogP contribution in [-0.4, -0.2) is 54.0 Å². The Labute approximate surface area is 142 Å². The highest BCUT2D eigenvalue weighted by atomic mass is 32.2. The van der Waals surface area contributed by atoms with E-state index in [1.807, 2.05) is 0 Å². The summed E-state index contributed by atoms with van der Waals surface area (Å²) in [7, 11) is -2.01. The number of fused-ring (bicyclic) bond motifs is 1. The van der Waals surface area contributed by atoms with Gasteiger partial charge < -0.3 is 19.5 Å². The summed E-state index contributed by atoms with van der Waals surface area (Å²) in [4.78, 5) is 0.178. The van der Waals surface area contributed by atoms with Crippen LogP contribution < -0.4 is 19.5 Å². The molecule has 0 bridgehead atoms. The Bertz CT molecular complexity index is 671. The van der Waals surface area contributed by atoms with E-state index in [2.05, 4.69) is 10.0 Å². The van der Waals surface area contributed by atoms with Gasteiger partial charge in [0.25, 0.3) is 0 Å². The minimum atomic E-state index is -3.63. The van der Waals surface area contributed by atoms with Crippen molar-refractivity contribution in [2.24, 2.45) is 0 Å². The van der Waals surface area contributed by atoms with Crippen molar-refractivity contribution in [1.82, 2.24) is 10.0 Å². The van der Waals surface area contributed by atoms with Crippen LogP contribution in [0.4, 0.5) is 0 Å². The third kappa shape index (κ3) is 3.83. The van der Waals surface area contributed by atoms with Gasteiger partial charge in [0.15, 0.2) is 11.5 Å². The summed E-state index contributed by atoms with van der Waals surface area (Å²) in [6.45, 7) is 2.72. The van der Waals surface area contributed by atoms with Crippen molar-refractivity contribution in [1.29, 1.82) is 0 Å². The molecule has 0 saturated carbocycles. The van der Waals surface area contributed by atoms with Crippen LogP contribution in [-0.2, 0) is 14.8 Å². The van der Waals surface area contributed by atoms with E-state index in [0.29, 0.717) is 31.3 Å². The lowest BCUT2D eigenvalue weighted by atomic mass is 9.99. The average molecular weight is 356 g/mol. The smallest absolute Gasteiger partial charge is 0.240 e. The van der Waals surface area contributed by atoms with Gasteiger partial charge in [-0.3, -0.25) is 0 Å². The molecule has 2 N–H and O–H groups in total. The Morgan fingerprint density at radius 1 is 1.25 bits per heavy atom. The molecular weight excluding hydrogens is 332 g/mol. The summed E-state index contributed by atoms with van der Waals surface area (Å²) in [5.74, 6) is 1.06. The number of ether oxygens (including phenoxy) is 3. The minimum absolute atomic E-state index is 0.178. The average Bonchev–Trinajstić information content (AvgIpc) is 2.90. The molecule has 2 aliphatic rings. The van der Waals surface area contributed by atoms with E-state index in [0.717, 1.165) is 25.8 Å². The minimum Gasteiger partial charge on any atom is -0.490 e. The molecule has 0 aromatic heterocycles. The second kappa shape index (κ2) is 7.26. The van der Waals surface area contributed by atoms with Crippen LogP contribution in [0.5, 0.6) is 11.5 Å². The first kappa shape index (κ1) is 17.5. The van der Waals surface area contributed by atoms with E-state index in [9.17, 15) is 8.42 Å². The Balaban J connectivity index is 1.74. The second-order valence-electron chi connectivity index (χ2n) is 6.23. The number of benzene rings is 1. The predicted octanol–water partition coefficient (Wildman–Crippen LogP) is 0.895. The maximum Gasteiger partial charge on any atom is 0.240 e. The van der Waals surface area contributed by atoms with Gasteiger partial charge >= 0.3 is 0 Å². The number of hydrogen-bond donors (Lipinski definition) is 2. The largest absolute Gasteiger partial charge is 0.490 e. The summed E-state index contributed by atoms with van der Waals surface area (Å²) in [5.41, 5.74) is -0.340. The molecule has 2 heterocycles. The number of rotatable bonds is 6. The first-order valence-electron chi connectivity index (χ1n) is 8.18. The summed E-state index contributed by atoms with van der Waals surface area (Å²) in [6, 6.07) is 4.71. The van der Waals surface area contributed by atoms with Crippen LogP contribution in [0, 0.1) is 0 Å². The summed E-state index contributed by atoms with van der Waals surface area (Å²) in [6.07, 6.45) is 2.67. The van der Waals surface area contributed by atoms with Gasteiger partial charge in [-0.2, -0.15) is 0 Å². The molecule has 0 amide bonds. The van der Waals surface area contributed by atoms with Crippen molar-refractivity contribution in [2.45, 2.75) is 29.7 Å². The molecule has 1 saturated heterocycles. The van der Waals surface area contributed by atoms with E-state index in [1.54, 1.807) is 19.2 Å². The van der Waals surface area contributed by atoms with Gasteiger partial charge in [-0.15, -0.1) is 0 Å². The third-order valence-corrected chi connectivity index (χ3v) is 5.78. The Morgan fingerprint density at radius 2 is 2.04 bits per heavy atom. The van der Waals surface area contributed by atoms with E-state index in [4.69, 9.17) is 14.2 Å². The molecule has 24 heavy (non-hydrogen) atoms. The highest BCUT2D eigenvalue weighted by molar-refractivity contribution is 7.89. The quantitative estimate of drug-likeness (QED) is 0.788. The van der Waals surface area contributed by atoms with Crippen LogP contribution in [0.25, 0.3) is 0 Å². The zero-order chi connectivity index (χ0) is 17.0. The van der Waals surface area contributed by atoms with Crippen LogP contribution in [0.2, 0.25) is 0 Å². The van der Waals surface area contributed by atoms with Crippen molar-refractivity contribution in [3.8, 4) is 11.5 Å². The number of sulfonamides is 1. The van der Waals surface area contributed by atoms with Crippen molar-refractivity contribution in [3.05, 3.63) is 18.2 Å². The van der Waals surface area contributed by atoms with Crippen LogP contribution in [0.15, 0.2) is 23.1 Å². The van der Waals surface area contributed by atoms with Crippen LogP contribution in [0.3, 0.4) is 0 Å². The molecule has 134 valence electrons. The fourth-order valence-corrected chi connectivity index (χ4v) is 4.24. The molecule has 0 aliphatic carbocycles. The van der Waals surface area contributed by atoms with E-state index >= 15 is 0 Å². The lowest BCUT2D eigenvalue weighted by Gasteiger charge is -2.28. The SMILES string of the molecule is COCC1(CNS(=O)(=O)c2ccc3c(c2)OCCCO3)CCCN1. The summed E-state index contributed by atoms with van der Waals surface area (Å²) in [5, 5.41) is 3.36. The third-order valence-electron chi connectivity index (χ3n) is 4.38. The van der Waals surface area contributed by atoms with Crippen LogP contribution >= 0.6 is 0 Å². The number of hydrogen-bond acceptors (Lipinski definition) is 6. The zero-order valence-electron chi connectivity index (χ0n) is 13.8. The maximum absolute atomic E-state index is 12.6. The summed E-state index contributed by atoms with van der Waals surface area (Å²) >= 11 is 0. The summed E-state index contributed by atoms with van der Waals surface area (Å²) < 4.78 is 44.3. The first-order valence-corrected chi connectivity index (χ1v) is 9.66. The normalized spacial score (nSPS) is 23.9. The van der Waals surface area contributed by atoms with E-state index < -0.39 is 10.0 Å². The van der Waals surface area contributed by atoms with Gasteiger partial charge in [0.2, 0.25) is 10.0 Å². The van der Waals surface area contributed by atoms with Gasteiger partial charge in [0.1, 0.15) is 0 Å². The van der Waals surface area contributed by atoms with Gasteiger partial charge in [-0.25, -0.2) is 13.1 Å². The Hall–Kier alpha value is -1.35. The van der Waals surface area contributed by atoms with Crippen molar-refractivity contribution in [2.75, 3.05) is 40.0 Å². The predicted molar refractivity (Wildman–Crippen MR) is 89.1 cm³/mol. The highest BCUT2D eigenvalue weighted by Crippen LogP contribution is 2.32. The molecule has 3 rings (SSSR count). The molecule has 7 nitrogen and oxygen atoms in total. The lowest BCUT2D eigenvalue weighted by molar-refractivity contribution is 0.122. The topological polar surface area (TPSA) is 85.9 Å². The molecule has 0 radical (unpaired) electrons. The molecule has 8 heteroatoms. The van der Waals surface area contributed by atoms with Gasteiger partial charge in [-0.05, 0) is 31.5 Å².